The summed E-state index contributed by atoms with van der Waals surface area (Å²) in [6, 6.07) is 0. The number of allylic oxidation sites excluding steroid dienone is 1. The number of unbranched alkanes of at least 4 members (excludes halogenated alkanes) is 1. The van der Waals surface area contributed by atoms with E-state index in [2.05, 4.69) is 0 Å². The lowest BCUT2D eigenvalue weighted by Crippen LogP contribution is -1.98. The van der Waals surface area contributed by atoms with Crippen molar-refractivity contribution in [2.75, 3.05) is 0 Å². The number of carboxylic acids is 1. The van der Waals surface area contributed by atoms with Gasteiger partial charge in [0.25, 0.3) is 0 Å². The number of rotatable bonds is 4. The van der Waals surface area contributed by atoms with Crippen LogP contribution < -0.4 is 0 Å². The largest absolute Gasteiger partial charge is 0.478 e. The molecule has 0 unspecified atom stereocenters. The highest BCUT2D eigenvalue weighted by molar-refractivity contribution is 5.86. The molecule has 0 amide bonds. The summed E-state index contributed by atoms with van der Waals surface area (Å²) in [6.07, 6.45) is 1.82. The van der Waals surface area contributed by atoms with E-state index in [1.165, 1.54) is 6.92 Å². The first kappa shape index (κ1) is 10.1. The van der Waals surface area contributed by atoms with E-state index in [1.54, 1.807) is 0 Å². The van der Waals surface area contributed by atoms with Gasteiger partial charge in [-0.3, -0.25) is 0 Å². The maximum atomic E-state index is 12.7. The number of hydrogen-bond donors (Lipinski definition) is 1. The van der Waals surface area contributed by atoms with Gasteiger partial charge in [0.2, 0.25) is 0 Å². The quantitative estimate of drug-likeness (QED) is 0.641. The Morgan fingerprint density at radius 3 is 2.45 bits per heavy atom. The molecule has 3 heteroatoms. The number of hydrogen-bond acceptors (Lipinski definition) is 1. The second-order valence-electron chi connectivity index (χ2n) is 2.44. The molecule has 0 aromatic heterocycles. The van der Waals surface area contributed by atoms with E-state index >= 15 is 0 Å². The lowest BCUT2D eigenvalue weighted by Gasteiger charge is -1.97. The number of carboxylic acid groups (broad SMARTS) is 1. The molecular weight excluding hydrogens is 147 g/mol. The van der Waals surface area contributed by atoms with Crippen LogP contribution in [0.1, 0.15) is 33.1 Å². The summed E-state index contributed by atoms with van der Waals surface area (Å²) in [5.41, 5.74) is -0.168. The van der Waals surface area contributed by atoms with Gasteiger partial charge in [-0.2, -0.15) is 0 Å². The molecule has 0 saturated heterocycles. The van der Waals surface area contributed by atoms with Crippen molar-refractivity contribution in [1.29, 1.82) is 0 Å². The molecular formula is C8H13FO2. The van der Waals surface area contributed by atoms with Gasteiger partial charge in [-0.1, -0.05) is 13.3 Å². The summed E-state index contributed by atoms with van der Waals surface area (Å²) in [7, 11) is 0. The Balaban J connectivity index is 4.05. The first-order valence-electron chi connectivity index (χ1n) is 3.68. The van der Waals surface area contributed by atoms with Crippen LogP contribution in [0.25, 0.3) is 0 Å². The second-order valence-corrected chi connectivity index (χ2v) is 2.44. The van der Waals surface area contributed by atoms with Gasteiger partial charge in [0.1, 0.15) is 5.83 Å². The monoisotopic (exact) mass is 160 g/mol. The molecule has 64 valence electrons. The molecule has 1 N–H and O–H groups in total. The zero-order chi connectivity index (χ0) is 8.85. The molecule has 0 aliphatic heterocycles. The third-order valence-electron chi connectivity index (χ3n) is 1.48. The van der Waals surface area contributed by atoms with Crippen molar-refractivity contribution >= 4 is 5.97 Å². The van der Waals surface area contributed by atoms with Gasteiger partial charge in [-0.15, -0.1) is 0 Å². The topological polar surface area (TPSA) is 37.3 Å². The zero-order valence-corrected chi connectivity index (χ0v) is 6.85. The molecule has 0 saturated carbocycles. The van der Waals surface area contributed by atoms with E-state index in [4.69, 9.17) is 5.11 Å². The lowest BCUT2D eigenvalue weighted by atomic mass is 10.1. The molecule has 0 aromatic rings. The number of aliphatic carboxylic acids is 1. The second kappa shape index (κ2) is 4.88. The van der Waals surface area contributed by atoms with Crippen LogP contribution in [-0.2, 0) is 4.79 Å². The van der Waals surface area contributed by atoms with Crippen LogP contribution in [0.3, 0.4) is 0 Å². The molecule has 0 bridgehead atoms. The highest BCUT2D eigenvalue weighted by atomic mass is 19.1. The molecule has 0 heterocycles. The minimum Gasteiger partial charge on any atom is -0.478 e. The molecule has 0 fully saturated rings. The van der Waals surface area contributed by atoms with Crippen molar-refractivity contribution < 1.29 is 14.3 Å². The lowest BCUT2D eigenvalue weighted by molar-refractivity contribution is -0.132. The highest BCUT2D eigenvalue weighted by Gasteiger charge is 2.07. The summed E-state index contributed by atoms with van der Waals surface area (Å²) >= 11 is 0. The van der Waals surface area contributed by atoms with Crippen molar-refractivity contribution in [1.82, 2.24) is 0 Å². The molecule has 11 heavy (non-hydrogen) atoms. The zero-order valence-electron chi connectivity index (χ0n) is 6.85. The van der Waals surface area contributed by atoms with Gasteiger partial charge in [0.05, 0.1) is 5.57 Å². The van der Waals surface area contributed by atoms with E-state index in [0.29, 0.717) is 6.42 Å². The third kappa shape index (κ3) is 3.75. The maximum Gasteiger partial charge on any atom is 0.333 e. The smallest absolute Gasteiger partial charge is 0.333 e. The van der Waals surface area contributed by atoms with Gasteiger partial charge in [-0.25, -0.2) is 9.18 Å². The van der Waals surface area contributed by atoms with E-state index in [0.717, 1.165) is 6.42 Å². The Kier molecular flexibility index (Phi) is 4.50. The average Bonchev–Trinajstić information content (AvgIpc) is 1.98. The first-order valence-corrected chi connectivity index (χ1v) is 3.68. The Morgan fingerprint density at radius 1 is 1.55 bits per heavy atom. The molecule has 0 spiro atoms. The molecule has 0 aliphatic carbocycles. The standard InChI is InChI=1S/C8H13FO2/c1-3-4-5-7(9)6(2)8(10)11/h3-5H2,1-2H3,(H,10,11). The summed E-state index contributed by atoms with van der Waals surface area (Å²) in [5, 5.41) is 8.35. The molecule has 0 radical (unpaired) electrons. The predicted molar refractivity (Wildman–Crippen MR) is 41.0 cm³/mol. The fraction of sp³-hybridized carbons (Fsp3) is 0.625. The summed E-state index contributed by atoms with van der Waals surface area (Å²) in [6.45, 7) is 3.22. The Morgan fingerprint density at radius 2 is 2.09 bits per heavy atom. The fourth-order valence-corrected chi connectivity index (χ4v) is 0.636. The Bertz CT molecular complexity index is 173. The van der Waals surface area contributed by atoms with E-state index in [1.807, 2.05) is 6.92 Å². The van der Waals surface area contributed by atoms with Crippen LogP contribution >= 0.6 is 0 Å². The van der Waals surface area contributed by atoms with E-state index < -0.39 is 11.8 Å². The fourth-order valence-electron chi connectivity index (χ4n) is 0.636. The Labute approximate surface area is 65.7 Å². The summed E-state index contributed by atoms with van der Waals surface area (Å²) in [5.74, 6) is -1.67. The third-order valence-corrected chi connectivity index (χ3v) is 1.48. The van der Waals surface area contributed by atoms with E-state index in [9.17, 15) is 9.18 Å². The van der Waals surface area contributed by atoms with E-state index in [-0.39, 0.29) is 12.0 Å². The molecule has 0 aliphatic rings. The average molecular weight is 160 g/mol. The van der Waals surface area contributed by atoms with Crippen molar-refractivity contribution in [2.45, 2.75) is 33.1 Å². The highest BCUT2D eigenvalue weighted by Crippen LogP contribution is 2.13. The Hall–Kier alpha value is -0.860. The minimum absolute atomic E-state index is 0.168. The van der Waals surface area contributed by atoms with Crippen LogP contribution in [0.5, 0.6) is 0 Å². The SMILES string of the molecule is CCCCC(F)=C(C)C(=O)O. The van der Waals surface area contributed by atoms with Crippen molar-refractivity contribution in [3.8, 4) is 0 Å². The molecule has 0 atom stereocenters. The van der Waals surface area contributed by atoms with Gasteiger partial charge in [0, 0.05) is 0 Å². The van der Waals surface area contributed by atoms with Crippen LogP contribution in [0.15, 0.2) is 11.4 Å². The van der Waals surface area contributed by atoms with Crippen LogP contribution in [-0.4, -0.2) is 11.1 Å². The number of halogens is 1. The van der Waals surface area contributed by atoms with Crippen LogP contribution in [0, 0.1) is 0 Å². The normalized spacial score (nSPS) is 12.6. The molecule has 0 rings (SSSR count). The van der Waals surface area contributed by atoms with Crippen molar-refractivity contribution in [3.05, 3.63) is 11.4 Å². The summed E-state index contributed by atoms with van der Waals surface area (Å²) < 4.78 is 12.7. The maximum absolute atomic E-state index is 12.7. The minimum atomic E-state index is -1.17. The van der Waals surface area contributed by atoms with Gasteiger partial charge >= 0.3 is 5.97 Å². The van der Waals surface area contributed by atoms with Gasteiger partial charge in [0.15, 0.2) is 0 Å². The van der Waals surface area contributed by atoms with Crippen molar-refractivity contribution in [2.24, 2.45) is 0 Å². The molecule has 0 aromatic carbocycles. The van der Waals surface area contributed by atoms with Gasteiger partial charge < -0.3 is 5.11 Å². The molecule has 2 nitrogen and oxygen atoms in total. The number of carbonyl (C=O) groups is 1. The van der Waals surface area contributed by atoms with Crippen LogP contribution in [0.4, 0.5) is 4.39 Å². The van der Waals surface area contributed by atoms with Crippen LogP contribution in [0.2, 0.25) is 0 Å². The summed E-state index contributed by atoms with van der Waals surface area (Å²) in [4.78, 5) is 10.2. The first-order chi connectivity index (χ1) is 5.09. The van der Waals surface area contributed by atoms with Gasteiger partial charge in [-0.05, 0) is 19.8 Å². The predicted octanol–water partition coefficient (Wildman–Crippen LogP) is 2.50. The van der Waals surface area contributed by atoms with Crippen molar-refractivity contribution in [3.63, 3.8) is 0 Å².